The molecule has 1 N–H and O–H groups in total. The number of nitrogens with zero attached hydrogens (tertiary/aromatic N) is 2. The fourth-order valence-electron chi connectivity index (χ4n) is 3.44. The lowest BCUT2D eigenvalue weighted by Gasteiger charge is -2.35. The molecule has 2 aliphatic heterocycles. The molecule has 0 spiro atoms. The molecule has 6 heteroatoms. The maximum atomic E-state index is 5.81. The molecule has 0 radical (unpaired) electrons. The van der Waals surface area contributed by atoms with Crippen LogP contribution in [-0.2, 0) is 16.0 Å². The van der Waals surface area contributed by atoms with E-state index in [9.17, 15) is 0 Å². The van der Waals surface area contributed by atoms with E-state index in [1.165, 1.54) is 5.56 Å². The summed E-state index contributed by atoms with van der Waals surface area (Å²) in [5.41, 5.74) is 1.28. The summed E-state index contributed by atoms with van der Waals surface area (Å²) >= 11 is 3.55. The first kappa shape index (κ1) is 17.1. The van der Waals surface area contributed by atoms with Crippen LogP contribution in [0.3, 0.4) is 0 Å². The van der Waals surface area contributed by atoms with Gasteiger partial charge in [-0.1, -0.05) is 0 Å². The molecule has 0 amide bonds. The smallest absolute Gasteiger partial charge is 0.127 e. The number of halogens is 1. The summed E-state index contributed by atoms with van der Waals surface area (Å²) in [5.74, 6) is 0.954. The molecule has 2 aliphatic rings. The van der Waals surface area contributed by atoms with Gasteiger partial charge in [0, 0.05) is 38.9 Å². The molecular formula is C17H26BrN3O2. The highest BCUT2D eigenvalue weighted by molar-refractivity contribution is 9.10. The predicted molar refractivity (Wildman–Crippen MR) is 94.7 cm³/mol. The van der Waals surface area contributed by atoms with Crippen LogP contribution in [0.2, 0.25) is 0 Å². The average Bonchev–Trinajstić information content (AvgIpc) is 2.46. The van der Waals surface area contributed by atoms with Crippen LogP contribution in [-0.4, -0.2) is 54.4 Å². The number of nitrogens with one attached hydrogen (secondary N) is 1. The van der Waals surface area contributed by atoms with Gasteiger partial charge < -0.3 is 14.8 Å². The summed E-state index contributed by atoms with van der Waals surface area (Å²) in [6.45, 7) is 8.85. The van der Waals surface area contributed by atoms with Gasteiger partial charge in [0.2, 0.25) is 0 Å². The minimum absolute atomic E-state index is 0.295. The van der Waals surface area contributed by atoms with E-state index in [-0.39, 0.29) is 0 Å². The average molecular weight is 384 g/mol. The maximum Gasteiger partial charge on any atom is 0.127 e. The Bertz CT molecular complexity index is 513. The number of morpholine rings is 1. The van der Waals surface area contributed by atoms with E-state index >= 15 is 0 Å². The van der Waals surface area contributed by atoms with Gasteiger partial charge in [-0.15, -0.1) is 0 Å². The summed E-state index contributed by atoms with van der Waals surface area (Å²) < 4.78 is 12.1. The van der Waals surface area contributed by atoms with Crippen LogP contribution < -0.4 is 5.32 Å². The van der Waals surface area contributed by atoms with Crippen molar-refractivity contribution in [2.75, 3.05) is 31.6 Å². The van der Waals surface area contributed by atoms with Gasteiger partial charge in [0.15, 0.2) is 0 Å². The molecule has 1 aromatic heterocycles. The van der Waals surface area contributed by atoms with Gasteiger partial charge >= 0.3 is 0 Å². The molecule has 0 saturated carbocycles. The highest BCUT2D eigenvalue weighted by Gasteiger charge is 2.22. The number of hydrogen-bond acceptors (Lipinski definition) is 5. The molecule has 5 nitrogen and oxygen atoms in total. The van der Waals surface area contributed by atoms with Gasteiger partial charge in [-0.05, 0) is 60.3 Å². The minimum atomic E-state index is 0.295. The van der Waals surface area contributed by atoms with E-state index in [2.05, 4.69) is 57.1 Å². The van der Waals surface area contributed by atoms with Crippen molar-refractivity contribution in [1.29, 1.82) is 0 Å². The van der Waals surface area contributed by atoms with Crippen molar-refractivity contribution in [1.82, 2.24) is 9.88 Å². The number of hydrogen-bond donors (Lipinski definition) is 1. The molecule has 0 bridgehead atoms. The lowest BCUT2D eigenvalue weighted by Crippen LogP contribution is -2.44. The molecule has 23 heavy (non-hydrogen) atoms. The molecule has 2 fully saturated rings. The molecule has 0 aromatic carbocycles. The van der Waals surface area contributed by atoms with E-state index in [4.69, 9.17) is 9.47 Å². The fourth-order valence-corrected chi connectivity index (χ4v) is 3.92. The van der Waals surface area contributed by atoms with Crippen molar-refractivity contribution in [3.05, 3.63) is 22.3 Å². The van der Waals surface area contributed by atoms with Crippen molar-refractivity contribution in [2.45, 2.75) is 51.5 Å². The van der Waals surface area contributed by atoms with Crippen molar-refractivity contribution in [3.63, 3.8) is 0 Å². The quantitative estimate of drug-likeness (QED) is 0.809. The van der Waals surface area contributed by atoms with Crippen LogP contribution in [0.5, 0.6) is 0 Å². The molecule has 2 saturated heterocycles. The topological polar surface area (TPSA) is 46.6 Å². The van der Waals surface area contributed by atoms with Crippen LogP contribution >= 0.6 is 15.9 Å². The van der Waals surface area contributed by atoms with Crippen LogP contribution in [0.1, 0.15) is 32.3 Å². The van der Waals surface area contributed by atoms with E-state index in [1.807, 2.05) is 0 Å². The standard InChI is InChI=1S/C17H26BrN3O2/c1-12-9-21(10-13(2)23-12)11-14-7-16(18)20-17(8-14)19-15-3-5-22-6-4-15/h7-8,12-13,15H,3-6,9-11H2,1-2H3,(H,19,20)/t12-,13+. The monoisotopic (exact) mass is 383 g/mol. The normalized spacial score (nSPS) is 27.1. The predicted octanol–water partition coefficient (Wildman–Crippen LogP) is 3.04. The van der Waals surface area contributed by atoms with Crippen molar-refractivity contribution >= 4 is 21.7 Å². The molecule has 3 heterocycles. The Morgan fingerprint density at radius 2 is 1.91 bits per heavy atom. The zero-order chi connectivity index (χ0) is 16.2. The molecule has 3 rings (SSSR count). The fraction of sp³-hybridized carbons (Fsp3) is 0.706. The summed E-state index contributed by atoms with van der Waals surface area (Å²) in [6.07, 6.45) is 2.68. The molecule has 1 aromatic rings. The molecule has 128 valence electrons. The van der Waals surface area contributed by atoms with Crippen LogP contribution in [0.25, 0.3) is 0 Å². The SMILES string of the molecule is C[C@@H]1CN(Cc2cc(Br)nc(NC3CCOCC3)c2)C[C@H](C)O1. The first-order valence-corrected chi connectivity index (χ1v) is 9.26. The second-order valence-corrected chi connectivity index (χ2v) is 7.48. The number of anilines is 1. The second-order valence-electron chi connectivity index (χ2n) is 6.67. The lowest BCUT2D eigenvalue weighted by molar-refractivity contribution is -0.0704. The Morgan fingerprint density at radius 3 is 2.61 bits per heavy atom. The largest absolute Gasteiger partial charge is 0.381 e. The summed E-state index contributed by atoms with van der Waals surface area (Å²) in [4.78, 5) is 7.03. The molecular weight excluding hydrogens is 358 g/mol. The van der Waals surface area contributed by atoms with E-state index < -0.39 is 0 Å². The Labute approximate surface area is 146 Å². The van der Waals surface area contributed by atoms with Crippen molar-refractivity contribution < 1.29 is 9.47 Å². The van der Waals surface area contributed by atoms with Crippen LogP contribution in [0.4, 0.5) is 5.82 Å². The highest BCUT2D eigenvalue weighted by atomic mass is 79.9. The third kappa shape index (κ3) is 5.14. The minimum Gasteiger partial charge on any atom is -0.381 e. The maximum absolute atomic E-state index is 5.81. The summed E-state index contributed by atoms with van der Waals surface area (Å²) in [6, 6.07) is 4.74. The van der Waals surface area contributed by atoms with Crippen LogP contribution in [0.15, 0.2) is 16.7 Å². The number of pyridine rings is 1. The van der Waals surface area contributed by atoms with Gasteiger partial charge in [-0.25, -0.2) is 4.98 Å². The first-order valence-electron chi connectivity index (χ1n) is 8.47. The van der Waals surface area contributed by atoms with E-state index in [0.29, 0.717) is 18.2 Å². The van der Waals surface area contributed by atoms with E-state index in [1.54, 1.807) is 0 Å². The summed E-state index contributed by atoms with van der Waals surface area (Å²) in [5, 5.41) is 3.55. The Morgan fingerprint density at radius 1 is 1.22 bits per heavy atom. The van der Waals surface area contributed by atoms with Crippen molar-refractivity contribution in [3.8, 4) is 0 Å². The molecule has 0 unspecified atom stereocenters. The Balaban J connectivity index is 1.64. The number of rotatable bonds is 4. The zero-order valence-electron chi connectivity index (χ0n) is 13.9. The van der Waals surface area contributed by atoms with Gasteiger partial charge in [-0.2, -0.15) is 0 Å². The Kier molecular flexibility index (Phi) is 5.91. The third-order valence-corrected chi connectivity index (χ3v) is 4.73. The first-order chi connectivity index (χ1) is 11.1. The van der Waals surface area contributed by atoms with Crippen LogP contribution in [0, 0.1) is 0 Å². The van der Waals surface area contributed by atoms with Gasteiger partial charge in [0.1, 0.15) is 10.4 Å². The highest BCUT2D eigenvalue weighted by Crippen LogP contribution is 2.21. The van der Waals surface area contributed by atoms with Gasteiger partial charge in [0.25, 0.3) is 0 Å². The van der Waals surface area contributed by atoms with Gasteiger partial charge in [-0.3, -0.25) is 4.90 Å². The third-order valence-electron chi connectivity index (χ3n) is 4.33. The second kappa shape index (κ2) is 7.92. The van der Waals surface area contributed by atoms with Crippen molar-refractivity contribution in [2.24, 2.45) is 0 Å². The van der Waals surface area contributed by atoms with E-state index in [0.717, 1.165) is 56.1 Å². The molecule has 2 atom stereocenters. The lowest BCUT2D eigenvalue weighted by atomic mass is 10.1. The Hall–Kier alpha value is -0.690. The number of aromatic nitrogens is 1. The zero-order valence-corrected chi connectivity index (χ0v) is 15.5. The summed E-state index contributed by atoms with van der Waals surface area (Å²) in [7, 11) is 0. The molecule has 0 aliphatic carbocycles. The number of ether oxygens (including phenoxy) is 2. The van der Waals surface area contributed by atoms with Gasteiger partial charge in [0.05, 0.1) is 12.2 Å².